The second-order valence-electron chi connectivity index (χ2n) is 6.37. The molecule has 17 heavy (non-hydrogen) atoms. The molecule has 3 atom stereocenters. The number of hydrogen-bond acceptors (Lipinski definition) is 3. The van der Waals surface area contributed by atoms with Crippen molar-refractivity contribution in [2.45, 2.75) is 65.1 Å². The zero-order valence-electron chi connectivity index (χ0n) is 11.4. The third-order valence-corrected chi connectivity index (χ3v) is 4.17. The summed E-state index contributed by atoms with van der Waals surface area (Å²) in [7, 11) is 0. The van der Waals surface area contributed by atoms with Crippen LogP contribution in [0.2, 0.25) is 0 Å². The number of epoxide rings is 1. The van der Waals surface area contributed by atoms with Gasteiger partial charge in [-0.25, -0.2) is 4.79 Å². The third-order valence-electron chi connectivity index (χ3n) is 4.17. The van der Waals surface area contributed by atoms with Crippen molar-refractivity contribution >= 4 is 5.97 Å². The number of carbonyl (C=O) groups is 1. The Kier molecular flexibility index (Phi) is 3.23. The van der Waals surface area contributed by atoms with Crippen molar-refractivity contribution < 1.29 is 14.3 Å². The van der Waals surface area contributed by atoms with Gasteiger partial charge in [-0.2, -0.15) is 0 Å². The molecule has 1 saturated carbocycles. The number of hydrogen-bond donors (Lipinski definition) is 0. The highest BCUT2D eigenvalue weighted by molar-refractivity contribution is 5.79. The summed E-state index contributed by atoms with van der Waals surface area (Å²) in [6.45, 7) is 9.02. The first-order valence-electron chi connectivity index (χ1n) is 6.76. The van der Waals surface area contributed by atoms with Gasteiger partial charge in [0, 0.05) is 0 Å². The molecule has 2 rings (SSSR count). The van der Waals surface area contributed by atoms with E-state index in [4.69, 9.17) is 9.47 Å². The van der Waals surface area contributed by atoms with Gasteiger partial charge in [0.05, 0.1) is 6.61 Å². The van der Waals surface area contributed by atoms with E-state index in [2.05, 4.69) is 20.8 Å². The van der Waals surface area contributed by atoms with E-state index in [-0.39, 0.29) is 23.1 Å². The summed E-state index contributed by atoms with van der Waals surface area (Å²) in [5, 5.41) is 0. The average molecular weight is 240 g/mol. The molecule has 3 nitrogen and oxygen atoms in total. The van der Waals surface area contributed by atoms with Gasteiger partial charge in [-0.15, -0.1) is 0 Å². The van der Waals surface area contributed by atoms with Crippen LogP contribution in [0.5, 0.6) is 0 Å². The van der Waals surface area contributed by atoms with E-state index in [0.29, 0.717) is 12.5 Å². The zero-order chi connectivity index (χ0) is 12.7. The van der Waals surface area contributed by atoms with Crippen LogP contribution in [-0.2, 0) is 14.3 Å². The Morgan fingerprint density at radius 1 is 1.41 bits per heavy atom. The van der Waals surface area contributed by atoms with Crippen LogP contribution in [0.15, 0.2) is 0 Å². The molecule has 3 unspecified atom stereocenters. The van der Waals surface area contributed by atoms with Crippen LogP contribution < -0.4 is 0 Å². The van der Waals surface area contributed by atoms with E-state index in [9.17, 15) is 4.79 Å². The predicted octanol–water partition coefficient (Wildman–Crippen LogP) is 2.92. The lowest BCUT2D eigenvalue weighted by Crippen LogP contribution is -2.41. The minimum absolute atomic E-state index is 0.163. The van der Waals surface area contributed by atoms with E-state index in [1.165, 1.54) is 19.3 Å². The molecule has 0 aromatic carbocycles. The molecule has 0 aromatic rings. The van der Waals surface area contributed by atoms with Crippen molar-refractivity contribution in [3.05, 3.63) is 0 Å². The highest BCUT2D eigenvalue weighted by Crippen LogP contribution is 2.57. The van der Waals surface area contributed by atoms with Crippen molar-refractivity contribution in [3.8, 4) is 0 Å². The van der Waals surface area contributed by atoms with Crippen LogP contribution in [0.1, 0.15) is 53.4 Å². The van der Waals surface area contributed by atoms with Crippen LogP contribution in [0, 0.1) is 11.3 Å². The fourth-order valence-corrected chi connectivity index (χ4v) is 3.44. The van der Waals surface area contributed by atoms with Gasteiger partial charge < -0.3 is 9.47 Å². The van der Waals surface area contributed by atoms with Crippen molar-refractivity contribution in [3.63, 3.8) is 0 Å². The zero-order valence-corrected chi connectivity index (χ0v) is 11.4. The van der Waals surface area contributed by atoms with E-state index >= 15 is 0 Å². The maximum atomic E-state index is 11.8. The maximum absolute atomic E-state index is 11.8. The molecule has 0 N–H and O–H groups in total. The van der Waals surface area contributed by atoms with E-state index in [1.54, 1.807) is 0 Å². The maximum Gasteiger partial charge on any atom is 0.338 e. The summed E-state index contributed by atoms with van der Waals surface area (Å²) in [6.07, 6.45) is 4.30. The van der Waals surface area contributed by atoms with Crippen LogP contribution in [0.25, 0.3) is 0 Å². The minimum atomic E-state index is -0.299. The molecule has 0 bridgehead atoms. The first-order chi connectivity index (χ1) is 7.92. The number of rotatable bonds is 2. The average Bonchev–Trinajstić information content (AvgIpc) is 2.92. The molecular formula is C14H24O3. The summed E-state index contributed by atoms with van der Waals surface area (Å²) < 4.78 is 10.9. The van der Waals surface area contributed by atoms with Gasteiger partial charge in [-0.1, -0.05) is 33.6 Å². The molecule has 2 aliphatic rings. The van der Waals surface area contributed by atoms with Crippen LogP contribution >= 0.6 is 0 Å². The molecule has 0 radical (unpaired) electrons. The van der Waals surface area contributed by atoms with Crippen molar-refractivity contribution in [2.24, 2.45) is 11.3 Å². The van der Waals surface area contributed by atoms with Gasteiger partial charge in [0.25, 0.3) is 0 Å². The summed E-state index contributed by atoms with van der Waals surface area (Å²) in [4.78, 5) is 11.8. The molecule has 1 aliphatic carbocycles. The third kappa shape index (κ3) is 2.22. The van der Waals surface area contributed by atoms with Gasteiger partial charge in [0.2, 0.25) is 0 Å². The lowest BCUT2D eigenvalue weighted by atomic mass is 9.65. The van der Waals surface area contributed by atoms with E-state index in [0.717, 1.165) is 6.42 Å². The Labute approximate surface area is 104 Å². The van der Waals surface area contributed by atoms with Gasteiger partial charge in [0.15, 0.2) is 6.10 Å². The Bertz CT molecular complexity index is 305. The Morgan fingerprint density at radius 2 is 2.12 bits per heavy atom. The summed E-state index contributed by atoms with van der Waals surface area (Å²) in [5.41, 5.74) is -0.00951. The second kappa shape index (κ2) is 4.27. The first-order valence-corrected chi connectivity index (χ1v) is 6.76. The molecule has 98 valence electrons. The van der Waals surface area contributed by atoms with Crippen LogP contribution in [0.4, 0.5) is 0 Å². The summed E-state index contributed by atoms with van der Waals surface area (Å²) in [5.74, 6) is 0.307. The smallest absolute Gasteiger partial charge is 0.338 e. The summed E-state index contributed by atoms with van der Waals surface area (Å²) in [6, 6.07) is 0. The molecule has 1 spiro atoms. The molecule has 2 fully saturated rings. The Balaban J connectivity index is 2.11. The van der Waals surface area contributed by atoms with Gasteiger partial charge in [-0.3, -0.25) is 0 Å². The number of esters is 1. The molecule has 3 heteroatoms. The monoisotopic (exact) mass is 240 g/mol. The quantitative estimate of drug-likeness (QED) is 0.550. The second-order valence-corrected chi connectivity index (χ2v) is 6.37. The van der Waals surface area contributed by atoms with E-state index < -0.39 is 0 Å². The van der Waals surface area contributed by atoms with Crippen molar-refractivity contribution in [1.29, 1.82) is 0 Å². The van der Waals surface area contributed by atoms with Crippen molar-refractivity contribution in [2.75, 3.05) is 6.61 Å². The fraction of sp³-hybridized carbons (Fsp3) is 0.929. The fourth-order valence-electron chi connectivity index (χ4n) is 3.44. The lowest BCUT2D eigenvalue weighted by molar-refractivity contribution is -0.144. The first kappa shape index (κ1) is 12.9. The molecular weight excluding hydrogens is 216 g/mol. The van der Waals surface area contributed by atoms with E-state index in [1.807, 2.05) is 6.92 Å². The molecule has 0 amide bonds. The number of ether oxygens (including phenoxy) is 2. The molecule has 1 saturated heterocycles. The molecule has 0 aromatic heterocycles. The SMILES string of the molecule is CCOC(=O)C1OC12CCCCC2C(C)(C)C. The molecule has 1 heterocycles. The largest absolute Gasteiger partial charge is 0.464 e. The lowest BCUT2D eigenvalue weighted by Gasteiger charge is -2.39. The summed E-state index contributed by atoms with van der Waals surface area (Å²) >= 11 is 0. The minimum Gasteiger partial charge on any atom is -0.464 e. The normalized spacial score (nSPS) is 36.9. The highest BCUT2D eigenvalue weighted by atomic mass is 16.7. The number of carbonyl (C=O) groups excluding carboxylic acids is 1. The predicted molar refractivity (Wildman–Crippen MR) is 65.7 cm³/mol. The Morgan fingerprint density at radius 3 is 2.71 bits per heavy atom. The van der Waals surface area contributed by atoms with Gasteiger partial charge in [-0.05, 0) is 31.1 Å². The van der Waals surface area contributed by atoms with Crippen LogP contribution in [-0.4, -0.2) is 24.3 Å². The van der Waals surface area contributed by atoms with Gasteiger partial charge in [0.1, 0.15) is 5.60 Å². The van der Waals surface area contributed by atoms with Gasteiger partial charge >= 0.3 is 5.97 Å². The van der Waals surface area contributed by atoms with Crippen molar-refractivity contribution in [1.82, 2.24) is 0 Å². The highest BCUT2D eigenvalue weighted by Gasteiger charge is 2.67. The topological polar surface area (TPSA) is 38.8 Å². The Hall–Kier alpha value is -0.570. The standard InChI is InChI=1S/C14H24O3/c1-5-16-12(15)11-14(17-11)9-7-6-8-10(14)13(2,3)4/h10-11H,5-9H2,1-4H3. The van der Waals surface area contributed by atoms with Crippen LogP contribution in [0.3, 0.4) is 0 Å². The molecule has 1 aliphatic heterocycles.